The molecule has 1 aliphatic rings. The van der Waals surface area contributed by atoms with Gasteiger partial charge in [-0.2, -0.15) is 0 Å². The van der Waals surface area contributed by atoms with E-state index < -0.39 is 5.43 Å². The molecule has 5 aromatic carbocycles. The zero-order valence-corrected chi connectivity index (χ0v) is 26.8. The smallest absolute Gasteiger partial charge is 0.232 e. The number of allylic oxidation sites excluding steroid dienone is 1. The second-order valence-corrected chi connectivity index (χ2v) is 11.4. The first-order valence-corrected chi connectivity index (χ1v) is 15.4. The van der Waals surface area contributed by atoms with Gasteiger partial charge < -0.3 is 49.6 Å². The molecule has 0 fully saturated rings. The van der Waals surface area contributed by atoms with Crippen molar-refractivity contribution in [1.29, 1.82) is 0 Å². The molecule has 5 aromatic rings. The average molecular weight is 647 g/mol. The summed E-state index contributed by atoms with van der Waals surface area (Å²) in [6.45, 7) is 3.22. The maximum Gasteiger partial charge on any atom is 0.232 e. The number of aliphatic hydroxyl groups excluding tert-OH is 2. The first-order chi connectivity index (χ1) is 22.8. The number of aromatic hydroxyl groups is 1. The van der Waals surface area contributed by atoms with Gasteiger partial charge in [0.05, 0.1) is 77.4 Å². The molecule has 6 rings (SSSR count). The van der Waals surface area contributed by atoms with Crippen molar-refractivity contribution in [2.24, 2.45) is 0 Å². The Balaban J connectivity index is 1.85. The van der Waals surface area contributed by atoms with E-state index in [-0.39, 0.29) is 68.5 Å². The Morgan fingerprint density at radius 2 is 1.32 bits per heavy atom. The van der Waals surface area contributed by atoms with E-state index in [1.54, 1.807) is 6.07 Å². The van der Waals surface area contributed by atoms with Crippen LogP contribution in [0.5, 0.6) is 23.0 Å². The van der Waals surface area contributed by atoms with Crippen molar-refractivity contribution in [2.45, 2.75) is 13.3 Å². The van der Waals surface area contributed by atoms with E-state index in [0.717, 1.165) is 5.57 Å². The predicted octanol–water partition coefficient (Wildman–Crippen LogP) is 3.43. The van der Waals surface area contributed by atoms with Crippen molar-refractivity contribution in [3.8, 4) is 23.0 Å². The van der Waals surface area contributed by atoms with Gasteiger partial charge in [0.1, 0.15) is 17.2 Å². The number of rotatable bonds is 15. The molecule has 0 radical (unpaired) electrons. The normalized spacial score (nSPS) is 12.8. The third-order valence-electron chi connectivity index (χ3n) is 8.64. The summed E-state index contributed by atoms with van der Waals surface area (Å²) in [5, 5.41) is 40.3. The van der Waals surface area contributed by atoms with Gasteiger partial charge in [0.2, 0.25) is 10.9 Å². The summed E-state index contributed by atoms with van der Waals surface area (Å²) >= 11 is 0. The Morgan fingerprint density at radius 3 is 1.94 bits per heavy atom. The fourth-order valence-electron chi connectivity index (χ4n) is 6.90. The molecule has 5 N–H and O–H groups in total. The van der Waals surface area contributed by atoms with Gasteiger partial charge in [-0.3, -0.25) is 9.59 Å². The lowest BCUT2D eigenvalue weighted by Gasteiger charge is -2.24. The fraction of sp³-hybridized carbons (Fsp3) is 0.371. The van der Waals surface area contributed by atoms with Crippen LogP contribution in [0, 0.1) is 0 Å². The summed E-state index contributed by atoms with van der Waals surface area (Å²) in [4.78, 5) is 28.8. The third kappa shape index (κ3) is 5.17. The van der Waals surface area contributed by atoms with E-state index in [1.165, 1.54) is 27.4 Å². The largest absolute Gasteiger partial charge is 0.507 e. The van der Waals surface area contributed by atoms with Crippen molar-refractivity contribution in [1.82, 2.24) is 0 Å². The number of hydrogen-bond donors (Lipinski definition) is 5. The topological polar surface area (TPSA) is 165 Å². The number of anilines is 2. The highest BCUT2D eigenvalue weighted by molar-refractivity contribution is 6.39. The van der Waals surface area contributed by atoms with Crippen LogP contribution in [0.3, 0.4) is 0 Å². The SMILES string of the molecule is COc1c2c3c4c(c(NCCOCCO)c(=O)c5c(NCCOCCO)cc(OC)c(c6c(OC)cc(O)c(c1=O)c63)c54)C=C(C)C2. The highest BCUT2D eigenvalue weighted by Gasteiger charge is 2.32. The number of phenols is 1. The van der Waals surface area contributed by atoms with Gasteiger partial charge in [-0.15, -0.1) is 0 Å². The van der Waals surface area contributed by atoms with Crippen LogP contribution in [0.1, 0.15) is 18.1 Å². The van der Waals surface area contributed by atoms with E-state index in [9.17, 15) is 14.7 Å². The van der Waals surface area contributed by atoms with Crippen LogP contribution in [0.25, 0.3) is 49.2 Å². The van der Waals surface area contributed by atoms with Gasteiger partial charge in [-0.1, -0.05) is 11.6 Å². The van der Waals surface area contributed by atoms with Gasteiger partial charge in [0.25, 0.3) is 0 Å². The summed E-state index contributed by atoms with van der Waals surface area (Å²) in [6.07, 6.45) is 2.31. The molecular weight excluding hydrogens is 608 g/mol. The fourth-order valence-corrected chi connectivity index (χ4v) is 6.90. The number of aliphatic hydroxyl groups is 2. The molecular formula is C35H38N2O10. The average Bonchev–Trinajstić information content (AvgIpc) is 3.21. The first kappa shape index (κ1) is 32.3. The molecule has 0 atom stereocenters. The zero-order chi connectivity index (χ0) is 33.4. The number of nitrogens with one attached hydrogen (secondary N) is 2. The van der Waals surface area contributed by atoms with Gasteiger partial charge in [0.15, 0.2) is 5.75 Å². The van der Waals surface area contributed by atoms with Gasteiger partial charge in [-0.25, -0.2) is 0 Å². The lowest BCUT2D eigenvalue weighted by molar-refractivity contribution is 0.0992. The summed E-state index contributed by atoms with van der Waals surface area (Å²) in [6, 6.07) is 3.16. The summed E-state index contributed by atoms with van der Waals surface area (Å²) < 4.78 is 28.5. The molecule has 0 amide bonds. The number of hydrogen-bond acceptors (Lipinski definition) is 12. The number of phenolic OH excluding ortho intramolecular Hbond substituents is 1. The highest BCUT2D eigenvalue weighted by atomic mass is 16.5. The Morgan fingerprint density at radius 1 is 0.702 bits per heavy atom. The molecule has 1 aliphatic carbocycles. The minimum atomic E-state index is -0.446. The minimum Gasteiger partial charge on any atom is -0.507 e. The molecule has 0 spiro atoms. The molecule has 0 saturated heterocycles. The maximum atomic E-state index is 14.7. The number of benzene rings is 5. The summed E-state index contributed by atoms with van der Waals surface area (Å²) in [7, 11) is 4.46. The molecule has 248 valence electrons. The Hall–Kier alpha value is -4.62. The Kier molecular flexibility index (Phi) is 9.11. The minimum absolute atomic E-state index is 0.0871. The van der Waals surface area contributed by atoms with Crippen molar-refractivity contribution in [2.75, 3.05) is 84.7 Å². The standard InChI is InChI=1S/C35H38N2O10/c1-17-13-18-24-25-19(14-17)35(45-4)34(42)27-21(40)16-23(44-3)29(31(25)27)28-22(43-2)15-20(36-5-9-46-11-7-38)26(30(24)28)33(41)32(18)37-6-10-47-12-8-39/h13,15-16,36-40H,5-12,14H2,1-4H3. The molecule has 0 aromatic heterocycles. The Bertz CT molecular complexity index is 2130. The molecule has 0 saturated carbocycles. The second-order valence-electron chi connectivity index (χ2n) is 11.4. The number of methoxy groups -OCH3 is 3. The first-order valence-electron chi connectivity index (χ1n) is 15.4. The van der Waals surface area contributed by atoms with E-state index in [4.69, 9.17) is 33.9 Å². The summed E-state index contributed by atoms with van der Waals surface area (Å²) in [5.41, 5.74) is 2.31. The predicted molar refractivity (Wildman–Crippen MR) is 183 cm³/mol. The lowest BCUT2D eigenvalue weighted by Crippen LogP contribution is -2.20. The van der Waals surface area contributed by atoms with Crippen LogP contribution in [0.15, 0.2) is 27.3 Å². The number of ether oxygens (including phenoxy) is 5. The molecule has 12 heteroatoms. The van der Waals surface area contributed by atoms with Gasteiger partial charge in [0, 0.05) is 69.0 Å². The molecule has 12 nitrogen and oxygen atoms in total. The molecule has 0 heterocycles. The Labute approximate surface area is 269 Å². The van der Waals surface area contributed by atoms with E-state index in [1.807, 2.05) is 13.0 Å². The van der Waals surface area contributed by atoms with Crippen molar-refractivity contribution in [3.05, 3.63) is 49.3 Å². The van der Waals surface area contributed by atoms with Crippen LogP contribution in [0.2, 0.25) is 0 Å². The van der Waals surface area contributed by atoms with Crippen molar-refractivity contribution in [3.63, 3.8) is 0 Å². The quantitative estimate of drug-likeness (QED) is 0.0640. The van der Waals surface area contributed by atoms with Crippen LogP contribution in [-0.2, 0) is 15.9 Å². The van der Waals surface area contributed by atoms with Crippen LogP contribution in [-0.4, -0.2) is 89.4 Å². The van der Waals surface area contributed by atoms with Crippen LogP contribution >= 0.6 is 0 Å². The maximum absolute atomic E-state index is 14.7. The molecule has 0 unspecified atom stereocenters. The third-order valence-corrected chi connectivity index (χ3v) is 8.64. The van der Waals surface area contributed by atoms with E-state index >= 15 is 0 Å². The molecule has 47 heavy (non-hydrogen) atoms. The monoisotopic (exact) mass is 646 g/mol. The zero-order valence-electron chi connectivity index (χ0n) is 26.8. The second kappa shape index (κ2) is 13.2. The van der Waals surface area contributed by atoms with E-state index in [0.29, 0.717) is 84.7 Å². The highest BCUT2D eigenvalue weighted by Crippen LogP contribution is 2.54. The van der Waals surface area contributed by atoms with Gasteiger partial charge >= 0.3 is 0 Å². The van der Waals surface area contributed by atoms with Crippen molar-refractivity contribution < 1.29 is 39.0 Å². The lowest BCUT2D eigenvalue weighted by atomic mass is 9.83. The van der Waals surface area contributed by atoms with Crippen molar-refractivity contribution >= 4 is 60.5 Å². The number of fused-ring (bicyclic) bond motifs is 1. The van der Waals surface area contributed by atoms with Crippen LogP contribution in [0.4, 0.5) is 11.4 Å². The summed E-state index contributed by atoms with van der Waals surface area (Å²) in [5.74, 6) is 0.622. The molecule has 0 bridgehead atoms. The van der Waals surface area contributed by atoms with E-state index in [2.05, 4.69) is 10.6 Å². The molecule has 0 aliphatic heterocycles. The van der Waals surface area contributed by atoms with Crippen LogP contribution < -0.4 is 35.7 Å². The van der Waals surface area contributed by atoms with Gasteiger partial charge in [-0.05, 0) is 18.7 Å².